The molecule has 240 valence electrons. The highest BCUT2D eigenvalue weighted by Gasteiger charge is 2.56. The average molecular weight is 710 g/mol. The van der Waals surface area contributed by atoms with Gasteiger partial charge in [0.25, 0.3) is 17.7 Å². The second kappa shape index (κ2) is 12.4. The summed E-state index contributed by atoms with van der Waals surface area (Å²) in [4.78, 5) is 42.6. The summed E-state index contributed by atoms with van der Waals surface area (Å²) < 4.78 is 0. The van der Waals surface area contributed by atoms with Gasteiger partial charge in [0, 0.05) is 26.0 Å². The summed E-state index contributed by atoms with van der Waals surface area (Å²) in [6.45, 7) is 3.37. The molecule has 3 aliphatic heterocycles. The monoisotopic (exact) mass is 708 g/mol. The molecule has 0 spiro atoms. The lowest BCUT2D eigenvalue weighted by molar-refractivity contribution is -0.136. The first-order chi connectivity index (χ1) is 22.5. The number of aryl methyl sites for hydroxylation is 2. The molecule has 0 radical (unpaired) electrons. The fourth-order valence-electron chi connectivity index (χ4n) is 7.01. The van der Waals surface area contributed by atoms with Gasteiger partial charge in [-0.15, -0.1) is 0 Å². The number of rotatable bonds is 5. The highest BCUT2D eigenvalue weighted by molar-refractivity contribution is 6.36. The van der Waals surface area contributed by atoms with Crippen molar-refractivity contribution in [1.29, 1.82) is 0 Å². The molecule has 4 unspecified atom stereocenters. The third-order valence-electron chi connectivity index (χ3n) is 9.15. The van der Waals surface area contributed by atoms with Crippen LogP contribution in [0.5, 0.6) is 0 Å². The minimum Gasteiger partial charge on any atom is -0.271 e. The van der Waals surface area contributed by atoms with Gasteiger partial charge in [-0.05, 0) is 91.3 Å². The summed E-state index contributed by atoms with van der Waals surface area (Å²) in [7, 11) is 0. The van der Waals surface area contributed by atoms with Crippen LogP contribution in [-0.2, 0) is 14.4 Å². The van der Waals surface area contributed by atoms with Gasteiger partial charge in [-0.3, -0.25) is 19.4 Å². The first-order valence-corrected chi connectivity index (χ1v) is 16.7. The Balaban J connectivity index is 1.22. The summed E-state index contributed by atoms with van der Waals surface area (Å²) in [5.74, 6) is -1.52. The van der Waals surface area contributed by atoms with Crippen molar-refractivity contribution in [3.05, 3.63) is 103 Å². The Kier molecular flexibility index (Phi) is 8.37. The Morgan fingerprint density at radius 1 is 0.915 bits per heavy atom. The van der Waals surface area contributed by atoms with Crippen LogP contribution in [0.2, 0.25) is 20.1 Å². The Morgan fingerprint density at radius 3 is 2.32 bits per heavy atom. The molecule has 7 rings (SSSR count). The summed E-state index contributed by atoms with van der Waals surface area (Å²) in [5.41, 5.74) is 5.32. The highest BCUT2D eigenvalue weighted by Crippen LogP contribution is 2.47. The standard InChI is InChI=1S/C34H28Cl4N6O3/c1-17-5-3-6-18(2)30(17)43-33(46)29-32(34(43)47)42(41-39-29)16-27(45)44-31(23-12-11-22(36)15-26(23)38)24-8-4-7-20(28(24)40-44)13-19-9-10-21(35)14-25(19)37/h3,5-6,9-15,24,29,31-32H,4,7-8,16H2,1-2H3. The van der Waals surface area contributed by atoms with E-state index in [1.807, 2.05) is 50.3 Å². The summed E-state index contributed by atoms with van der Waals surface area (Å²) in [6, 6.07) is 13.5. The molecule has 0 aromatic heterocycles. The lowest BCUT2D eigenvalue weighted by Crippen LogP contribution is -2.45. The van der Waals surface area contributed by atoms with Crippen LogP contribution in [0.4, 0.5) is 5.69 Å². The number of fused-ring (bicyclic) bond motifs is 2. The molecular formula is C34H28Cl4N6O3. The maximum absolute atomic E-state index is 14.2. The minimum atomic E-state index is -1.04. The van der Waals surface area contributed by atoms with Crippen molar-refractivity contribution in [3.8, 4) is 0 Å². The number of carbonyl (C=O) groups excluding carboxylic acids is 3. The number of allylic oxidation sites excluding steroid dienone is 1. The normalized spacial score (nSPS) is 24.3. The smallest absolute Gasteiger partial charge is 0.264 e. The van der Waals surface area contributed by atoms with E-state index < -0.39 is 35.8 Å². The molecule has 3 aromatic rings. The molecule has 3 heterocycles. The van der Waals surface area contributed by atoms with Gasteiger partial charge >= 0.3 is 0 Å². The lowest BCUT2D eigenvalue weighted by Gasteiger charge is -2.31. The van der Waals surface area contributed by atoms with Crippen molar-refractivity contribution in [2.45, 2.75) is 51.2 Å². The number of hydrazone groups is 1. The zero-order valence-electron chi connectivity index (χ0n) is 25.3. The highest BCUT2D eigenvalue weighted by atomic mass is 35.5. The fourth-order valence-corrected chi connectivity index (χ4v) is 7.99. The largest absolute Gasteiger partial charge is 0.271 e. The van der Waals surface area contributed by atoms with Crippen molar-refractivity contribution in [2.24, 2.45) is 21.4 Å². The number of benzene rings is 3. The van der Waals surface area contributed by atoms with Crippen LogP contribution in [0.1, 0.15) is 47.6 Å². The molecule has 4 aliphatic rings. The number of nitrogens with zero attached hydrogens (tertiary/aromatic N) is 6. The Morgan fingerprint density at radius 2 is 1.62 bits per heavy atom. The van der Waals surface area contributed by atoms with Gasteiger partial charge in [0.05, 0.1) is 17.4 Å². The Bertz CT molecular complexity index is 1920. The molecule has 13 heteroatoms. The molecule has 4 atom stereocenters. The number of anilines is 1. The predicted molar refractivity (Wildman–Crippen MR) is 183 cm³/mol. The third kappa shape index (κ3) is 5.53. The number of carbonyl (C=O) groups is 3. The van der Waals surface area contributed by atoms with Crippen LogP contribution in [0.3, 0.4) is 0 Å². The van der Waals surface area contributed by atoms with Crippen molar-refractivity contribution >= 4 is 81.6 Å². The van der Waals surface area contributed by atoms with E-state index in [1.165, 1.54) is 14.9 Å². The second-order valence-electron chi connectivity index (χ2n) is 12.1. The number of halogens is 4. The zero-order valence-corrected chi connectivity index (χ0v) is 28.4. The van der Waals surface area contributed by atoms with Gasteiger partial charge in [-0.2, -0.15) is 10.2 Å². The van der Waals surface area contributed by atoms with E-state index in [9.17, 15) is 14.4 Å². The topological polar surface area (TPSA) is 98.0 Å². The molecule has 0 N–H and O–H groups in total. The molecule has 0 bridgehead atoms. The summed E-state index contributed by atoms with van der Waals surface area (Å²) in [6.07, 6.45) is 4.36. The van der Waals surface area contributed by atoms with Gasteiger partial charge in [0.2, 0.25) is 0 Å². The van der Waals surface area contributed by atoms with Crippen LogP contribution in [0, 0.1) is 19.8 Å². The second-order valence-corrected chi connectivity index (χ2v) is 13.8. The van der Waals surface area contributed by atoms with Crippen LogP contribution in [0.25, 0.3) is 6.08 Å². The molecule has 2 fully saturated rings. The lowest BCUT2D eigenvalue weighted by atomic mass is 9.77. The number of amides is 3. The molecule has 3 aromatic carbocycles. The van der Waals surface area contributed by atoms with Gasteiger partial charge in [0.15, 0.2) is 12.1 Å². The van der Waals surface area contributed by atoms with Gasteiger partial charge < -0.3 is 0 Å². The first kappa shape index (κ1) is 31.8. The minimum absolute atomic E-state index is 0.161. The number of hydrogen-bond donors (Lipinski definition) is 0. The van der Waals surface area contributed by atoms with E-state index in [4.69, 9.17) is 51.5 Å². The van der Waals surface area contributed by atoms with Crippen molar-refractivity contribution in [1.82, 2.24) is 10.0 Å². The maximum Gasteiger partial charge on any atom is 0.264 e. The van der Waals surface area contributed by atoms with Gasteiger partial charge in [-0.1, -0.05) is 82.0 Å². The maximum atomic E-state index is 14.2. The van der Waals surface area contributed by atoms with Crippen LogP contribution >= 0.6 is 46.4 Å². The van der Waals surface area contributed by atoms with Crippen LogP contribution in [-0.4, -0.2) is 52.1 Å². The Hall–Kier alpha value is -3.76. The average Bonchev–Trinajstić information content (AvgIpc) is 3.69. The van der Waals surface area contributed by atoms with Gasteiger partial charge in [0.1, 0.15) is 6.54 Å². The molecule has 3 amide bonds. The summed E-state index contributed by atoms with van der Waals surface area (Å²) in [5, 5.41) is 17.8. The van der Waals surface area contributed by atoms with E-state index in [2.05, 4.69) is 10.3 Å². The fraction of sp³-hybridized carbons (Fsp3) is 0.294. The van der Waals surface area contributed by atoms with E-state index >= 15 is 0 Å². The van der Waals surface area contributed by atoms with Gasteiger partial charge in [-0.25, -0.2) is 9.91 Å². The third-order valence-corrected chi connectivity index (χ3v) is 10.3. The van der Waals surface area contributed by atoms with Crippen molar-refractivity contribution < 1.29 is 14.4 Å². The first-order valence-electron chi connectivity index (χ1n) is 15.2. The van der Waals surface area contributed by atoms with E-state index in [-0.39, 0.29) is 12.5 Å². The van der Waals surface area contributed by atoms with E-state index in [0.717, 1.165) is 47.2 Å². The van der Waals surface area contributed by atoms with E-state index in [0.29, 0.717) is 31.3 Å². The van der Waals surface area contributed by atoms with Crippen LogP contribution < -0.4 is 4.90 Å². The summed E-state index contributed by atoms with van der Waals surface area (Å²) >= 11 is 25.6. The van der Waals surface area contributed by atoms with E-state index in [1.54, 1.807) is 24.3 Å². The van der Waals surface area contributed by atoms with Crippen molar-refractivity contribution in [3.63, 3.8) is 0 Å². The number of hydrogen-bond acceptors (Lipinski definition) is 7. The van der Waals surface area contributed by atoms with Crippen molar-refractivity contribution in [2.75, 3.05) is 11.4 Å². The number of para-hydroxylation sites is 1. The predicted octanol–water partition coefficient (Wildman–Crippen LogP) is 8.03. The molecule has 9 nitrogen and oxygen atoms in total. The Labute approximate surface area is 291 Å². The zero-order chi connectivity index (χ0) is 33.1. The molecule has 1 saturated carbocycles. The molecule has 1 saturated heterocycles. The molecule has 47 heavy (non-hydrogen) atoms. The SMILES string of the molecule is Cc1cccc(C)c1N1C(=O)C2N=NN(CC(=O)N3N=C4C(=Cc5ccc(Cl)cc5Cl)CCCC4C3c3ccc(Cl)cc3Cl)C2C1=O. The molecule has 1 aliphatic carbocycles. The number of imide groups is 1. The molecular weight excluding hydrogens is 682 g/mol. The van der Waals surface area contributed by atoms with Crippen LogP contribution in [0.15, 0.2) is 75.6 Å². The quantitative estimate of drug-likeness (QED) is 0.251.